The van der Waals surface area contributed by atoms with Gasteiger partial charge in [-0.1, -0.05) is 6.07 Å². The molecule has 0 spiro atoms. The summed E-state index contributed by atoms with van der Waals surface area (Å²) >= 11 is 0. The summed E-state index contributed by atoms with van der Waals surface area (Å²) in [7, 11) is 0. The smallest absolute Gasteiger partial charge is 0.244 e. The number of fused-ring (bicyclic) bond motifs is 1. The number of nitrogens with two attached hydrogens (primary N) is 1. The minimum Gasteiger partial charge on any atom is -0.398 e. The van der Waals surface area contributed by atoms with Crippen LogP contribution in [0.4, 0.5) is 11.4 Å². The fourth-order valence-electron chi connectivity index (χ4n) is 3.40. The number of hydrogen-bond acceptors (Lipinski definition) is 3. The molecule has 4 heteroatoms. The second-order valence-corrected chi connectivity index (χ2v) is 5.85. The Hall–Kier alpha value is -1.71. The zero-order valence-electron chi connectivity index (χ0n) is 12.1. The molecule has 1 aromatic carbocycles. The number of carbonyl (C=O) groups excluding carboxylic acids is 1. The van der Waals surface area contributed by atoms with Crippen LogP contribution in [0.2, 0.25) is 0 Å². The standard InChI is InChI=1S/C16H23N3O/c1-12(16(20)18-9-3-2-4-10-18)19-11-8-13-14(17)6-5-7-15(13)19/h5-7,12H,2-4,8-11,17H2,1H3. The topological polar surface area (TPSA) is 49.6 Å². The number of carbonyl (C=O) groups is 1. The van der Waals surface area contributed by atoms with Crippen LogP contribution in [-0.2, 0) is 11.2 Å². The summed E-state index contributed by atoms with van der Waals surface area (Å²) in [5.74, 6) is 0.264. The van der Waals surface area contributed by atoms with E-state index in [1.807, 2.05) is 24.0 Å². The number of piperidine rings is 1. The molecule has 0 radical (unpaired) electrons. The van der Waals surface area contributed by atoms with Gasteiger partial charge in [-0.15, -0.1) is 0 Å². The predicted molar refractivity (Wildman–Crippen MR) is 81.8 cm³/mol. The van der Waals surface area contributed by atoms with Crippen LogP contribution in [0.5, 0.6) is 0 Å². The van der Waals surface area contributed by atoms with Crippen molar-refractivity contribution in [1.82, 2.24) is 4.90 Å². The molecule has 0 aliphatic carbocycles. The number of benzene rings is 1. The van der Waals surface area contributed by atoms with Gasteiger partial charge in [0.25, 0.3) is 0 Å². The van der Waals surface area contributed by atoms with Crippen molar-refractivity contribution in [1.29, 1.82) is 0 Å². The molecule has 2 aliphatic rings. The van der Waals surface area contributed by atoms with Crippen LogP contribution < -0.4 is 10.6 Å². The minimum absolute atomic E-state index is 0.0869. The van der Waals surface area contributed by atoms with E-state index in [4.69, 9.17) is 5.73 Å². The lowest BCUT2D eigenvalue weighted by atomic mass is 10.1. The molecule has 108 valence electrons. The van der Waals surface area contributed by atoms with Gasteiger partial charge in [-0.25, -0.2) is 0 Å². The Labute approximate surface area is 120 Å². The Balaban J connectivity index is 1.77. The van der Waals surface area contributed by atoms with Gasteiger partial charge in [0, 0.05) is 36.6 Å². The molecule has 0 bridgehead atoms. The molecule has 1 aromatic rings. The van der Waals surface area contributed by atoms with E-state index in [1.54, 1.807) is 0 Å². The van der Waals surface area contributed by atoms with Crippen LogP contribution in [0.15, 0.2) is 18.2 Å². The van der Waals surface area contributed by atoms with E-state index in [9.17, 15) is 4.79 Å². The van der Waals surface area contributed by atoms with Crippen LogP contribution in [0.3, 0.4) is 0 Å². The molecular weight excluding hydrogens is 250 g/mol. The second-order valence-electron chi connectivity index (χ2n) is 5.85. The first-order valence-electron chi connectivity index (χ1n) is 7.61. The average molecular weight is 273 g/mol. The molecular formula is C16H23N3O. The van der Waals surface area contributed by atoms with E-state index >= 15 is 0 Å². The van der Waals surface area contributed by atoms with Gasteiger partial charge in [-0.2, -0.15) is 0 Å². The first-order valence-corrected chi connectivity index (χ1v) is 7.61. The highest BCUT2D eigenvalue weighted by atomic mass is 16.2. The van der Waals surface area contributed by atoms with Crippen molar-refractivity contribution in [2.24, 2.45) is 0 Å². The summed E-state index contributed by atoms with van der Waals surface area (Å²) in [5.41, 5.74) is 9.22. The molecule has 2 heterocycles. The summed E-state index contributed by atoms with van der Waals surface area (Å²) in [6.07, 6.45) is 4.48. The van der Waals surface area contributed by atoms with Crippen molar-refractivity contribution in [2.75, 3.05) is 30.3 Å². The van der Waals surface area contributed by atoms with E-state index in [0.717, 1.165) is 50.3 Å². The summed E-state index contributed by atoms with van der Waals surface area (Å²) in [4.78, 5) is 16.9. The minimum atomic E-state index is -0.0869. The van der Waals surface area contributed by atoms with Crippen LogP contribution in [-0.4, -0.2) is 36.5 Å². The summed E-state index contributed by atoms with van der Waals surface area (Å²) in [6.45, 7) is 4.75. The van der Waals surface area contributed by atoms with Crippen LogP contribution in [0, 0.1) is 0 Å². The number of likely N-dealkylation sites (tertiary alicyclic amines) is 1. The molecule has 4 nitrogen and oxygen atoms in total. The molecule has 1 saturated heterocycles. The average Bonchev–Trinajstić information content (AvgIpc) is 2.92. The quantitative estimate of drug-likeness (QED) is 0.839. The molecule has 1 fully saturated rings. The molecule has 1 amide bonds. The van der Waals surface area contributed by atoms with Gasteiger partial charge in [0.15, 0.2) is 0 Å². The normalized spacial score (nSPS) is 19.9. The van der Waals surface area contributed by atoms with Crippen molar-refractivity contribution < 1.29 is 4.79 Å². The molecule has 1 unspecified atom stereocenters. The lowest BCUT2D eigenvalue weighted by Crippen LogP contribution is -2.48. The van der Waals surface area contributed by atoms with Crippen molar-refractivity contribution in [3.63, 3.8) is 0 Å². The molecule has 2 aliphatic heterocycles. The van der Waals surface area contributed by atoms with E-state index < -0.39 is 0 Å². The zero-order chi connectivity index (χ0) is 14.1. The van der Waals surface area contributed by atoms with E-state index in [2.05, 4.69) is 11.0 Å². The molecule has 2 N–H and O–H groups in total. The van der Waals surface area contributed by atoms with E-state index in [-0.39, 0.29) is 11.9 Å². The fraction of sp³-hybridized carbons (Fsp3) is 0.562. The monoisotopic (exact) mass is 273 g/mol. The first-order chi connectivity index (χ1) is 9.68. The Morgan fingerprint density at radius 3 is 2.70 bits per heavy atom. The molecule has 20 heavy (non-hydrogen) atoms. The Morgan fingerprint density at radius 1 is 1.20 bits per heavy atom. The number of hydrogen-bond donors (Lipinski definition) is 1. The number of amides is 1. The maximum Gasteiger partial charge on any atom is 0.244 e. The Morgan fingerprint density at radius 2 is 1.95 bits per heavy atom. The van der Waals surface area contributed by atoms with Gasteiger partial charge in [0.05, 0.1) is 0 Å². The van der Waals surface area contributed by atoms with Crippen molar-refractivity contribution in [3.05, 3.63) is 23.8 Å². The summed E-state index contributed by atoms with van der Waals surface area (Å²) < 4.78 is 0. The van der Waals surface area contributed by atoms with Gasteiger partial charge in [0.1, 0.15) is 6.04 Å². The van der Waals surface area contributed by atoms with Crippen LogP contribution in [0.25, 0.3) is 0 Å². The third-order valence-electron chi connectivity index (χ3n) is 4.59. The third kappa shape index (κ3) is 2.23. The van der Waals surface area contributed by atoms with E-state index in [0.29, 0.717) is 0 Å². The fourth-order valence-corrected chi connectivity index (χ4v) is 3.40. The number of rotatable bonds is 2. The van der Waals surface area contributed by atoms with Crippen molar-refractivity contribution in [2.45, 2.75) is 38.6 Å². The molecule has 0 aromatic heterocycles. The maximum atomic E-state index is 12.6. The SMILES string of the molecule is CC(C(=O)N1CCCCC1)N1CCc2c(N)cccc21. The summed E-state index contributed by atoms with van der Waals surface area (Å²) in [5, 5.41) is 0. The summed E-state index contributed by atoms with van der Waals surface area (Å²) in [6, 6.07) is 5.92. The highest BCUT2D eigenvalue weighted by molar-refractivity contribution is 5.86. The predicted octanol–water partition coefficient (Wildman–Crippen LogP) is 2.03. The lowest BCUT2D eigenvalue weighted by Gasteiger charge is -2.34. The zero-order valence-corrected chi connectivity index (χ0v) is 12.1. The number of nitrogen functional groups attached to an aromatic ring is 1. The maximum absolute atomic E-state index is 12.6. The number of anilines is 2. The van der Waals surface area contributed by atoms with Crippen molar-refractivity contribution >= 4 is 17.3 Å². The van der Waals surface area contributed by atoms with Crippen LogP contribution >= 0.6 is 0 Å². The molecule has 3 rings (SSSR count). The van der Waals surface area contributed by atoms with Crippen LogP contribution in [0.1, 0.15) is 31.7 Å². The highest BCUT2D eigenvalue weighted by Gasteiger charge is 2.31. The van der Waals surface area contributed by atoms with Gasteiger partial charge in [0.2, 0.25) is 5.91 Å². The largest absolute Gasteiger partial charge is 0.398 e. The number of nitrogens with zero attached hydrogens (tertiary/aromatic N) is 2. The molecule has 1 atom stereocenters. The first kappa shape index (κ1) is 13.3. The van der Waals surface area contributed by atoms with Gasteiger partial charge < -0.3 is 15.5 Å². The van der Waals surface area contributed by atoms with E-state index in [1.165, 1.54) is 12.0 Å². The van der Waals surface area contributed by atoms with Gasteiger partial charge in [-0.05, 0) is 44.7 Å². The second kappa shape index (κ2) is 5.35. The van der Waals surface area contributed by atoms with Gasteiger partial charge in [-0.3, -0.25) is 4.79 Å². The highest BCUT2D eigenvalue weighted by Crippen LogP contribution is 2.33. The lowest BCUT2D eigenvalue weighted by molar-refractivity contribution is -0.133. The van der Waals surface area contributed by atoms with Crippen molar-refractivity contribution in [3.8, 4) is 0 Å². The Kier molecular flexibility index (Phi) is 3.55. The third-order valence-corrected chi connectivity index (χ3v) is 4.59. The Bertz CT molecular complexity index is 508. The molecule has 0 saturated carbocycles. The van der Waals surface area contributed by atoms with Gasteiger partial charge >= 0.3 is 0 Å².